The molecule has 0 fully saturated rings. The van der Waals surface area contributed by atoms with Gasteiger partial charge in [0.25, 0.3) is 0 Å². The quantitative estimate of drug-likeness (QED) is 0.151. The van der Waals surface area contributed by atoms with Crippen LogP contribution in [-0.4, -0.2) is 86.0 Å². The molecule has 0 aliphatic rings. The summed E-state index contributed by atoms with van der Waals surface area (Å²) >= 11 is 1.44. The molecule has 1 aromatic rings. The summed E-state index contributed by atoms with van der Waals surface area (Å²) in [6.07, 6.45) is 4.20. The number of carbonyl (C=O) groups is 5. The SMILES string of the molecule is CSCCC(NC(=O)C(Cc1cnc[nH]1)NC(=O)C(N)CC(=O)O)C(=O)NC(C(=O)O)C(C)C. The van der Waals surface area contributed by atoms with Gasteiger partial charge < -0.3 is 36.9 Å². The van der Waals surface area contributed by atoms with Crippen LogP contribution in [0, 0.1) is 5.92 Å². The van der Waals surface area contributed by atoms with Crippen molar-refractivity contribution in [1.29, 1.82) is 0 Å². The summed E-state index contributed by atoms with van der Waals surface area (Å²) in [6, 6.07) is -4.78. The fraction of sp³-hybridized carbons (Fsp3) is 0.600. The summed E-state index contributed by atoms with van der Waals surface area (Å²) < 4.78 is 0. The summed E-state index contributed by atoms with van der Waals surface area (Å²) in [5.41, 5.74) is 6.10. The zero-order valence-electron chi connectivity index (χ0n) is 19.2. The zero-order chi connectivity index (χ0) is 25.8. The molecule has 1 heterocycles. The maximum absolute atomic E-state index is 13.1. The van der Waals surface area contributed by atoms with Crippen LogP contribution in [0.15, 0.2) is 12.5 Å². The summed E-state index contributed by atoms with van der Waals surface area (Å²) in [5, 5.41) is 25.6. The van der Waals surface area contributed by atoms with Gasteiger partial charge in [0, 0.05) is 18.3 Å². The number of carbonyl (C=O) groups excluding carboxylic acids is 3. The summed E-state index contributed by atoms with van der Waals surface area (Å²) in [6.45, 7) is 3.29. The molecule has 1 rings (SSSR count). The number of H-pyrrole nitrogens is 1. The van der Waals surface area contributed by atoms with Gasteiger partial charge in [-0.05, 0) is 24.3 Å². The number of amides is 3. The average Bonchev–Trinajstić information content (AvgIpc) is 3.26. The van der Waals surface area contributed by atoms with Gasteiger partial charge in [-0.25, -0.2) is 9.78 Å². The third-order valence-electron chi connectivity index (χ3n) is 4.82. The number of nitrogens with zero attached hydrogens (tertiary/aromatic N) is 1. The van der Waals surface area contributed by atoms with E-state index in [9.17, 15) is 29.1 Å². The van der Waals surface area contributed by atoms with Crippen LogP contribution >= 0.6 is 11.8 Å². The number of nitrogens with one attached hydrogen (secondary N) is 4. The summed E-state index contributed by atoms with van der Waals surface area (Å²) in [4.78, 5) is 67.2. The van der Waals surface area contributed by atoms with Gasteiger partial charge in [-0.15, -0.1) is 0 Å². The Labute approximate surface area is 201 Å². The Morgan fingerprint density at radius 1 is 1.06 bits per heavy atom. The molecule has 0 radical (unpaired) electrons. The molecule has 0 saturated carbocycles. The van der Waals surface area contributed by atoms with Crippen molar-refractivity contribution in [1.82, 2.24) is 25.9 Å². The molecule has 0 aliphatic carbocycles. The third-order valence-corrected chi connectivity index (χ3v) is 5.46. The highest BCUT2D eigenvalue weighted by atomic mass is 32.2. The molecule has 0 aliphatic heterocycles. The number of aromatic amines is 1. The minimum Gasteiger partial charge on any atom is -0.481 e. The van der Waals surface area contributed by atoms with Gasteiger partial charge >= 0.3 is 11.9 Å². The molecule has 1 aromatic heterocycles. The molecule has 4 atom stereocenters. The lowest BCUT2D eigenvalue weighted by Gasteiger charge is -2.25. The summed E-state index contributed by atoms with van der Waals surface area (Å²) in [5.74, 6) is -4.60. The second-order valence-corrected chi connectivity index (χ2v) is 8.94. The van der Waals surface area contributed by atoms with Crippen LogP contribution < -0.4 is 21.7 Å². The van der Waals surface area contributed by atoms with Crippen LogP contribution in [-0.2, 0) is 30.4 Å². The first-order valence-electron chi connectivity index (χ1n) is 10.5. The Bertz CT molecular complexity index is 848. The number of hydrogen-bond acceptors (Lipinski definition) is 8. The maximum Gasteiger partial charge on any atom is 0.326 e. The van der Waals surface area contributed by atoms with Gasteiger partial charge in [-0.2, -0.15) is 11.8 Å². The first kappa shape index (κ1) is 28.9. The van der Waals surface area contributed by atoms with Crippen molar-refractivity contribution >= 4 is 41.4 Å². The lowest BCUT2D eigenvalue weighted by Crippen LogP contribution is -2.58. The average molecular weight is 501 g/mol. The van der Waals surface area contributed by atoms with Crippen molar-refractivity contribution in [2.45, 2.75) is 57.3 Å². The van der Waals surface area contributed by atoms with Gasteiger partial charge in [0.15, 0.2) is 0 Å². The molecule has 0 bridgehead atoms. The fourth-order valence-electron chi connectivity index (χ4n) is 2.93. The standard InChI is InChI=1S/C20H32N6O7S/c1-10(2)16(20(32)33)26-18(30)13(4-5-34-3)24-19(31)14(6-11-8-22-9-23-11)25-17(29)12(21)7-15(27)28/h8-10,12-14,16H,4-7,21H2,1-3H3,(H,22,23)(H,24,31)(H,25,29)(H,26,30)(H,27,28)(H,32,33). The lowest BCUT2D eigenvalue weighted by molar-refractivity contribution is -0.143. The van der Waals surface area contributed by atoms with E-state index in [1.165, 1.54) is 24.3 Å². The van der Waals surface area contributed by atoms with Gasteiger partial charge in [-0.3, -0.25) is 19.2 Å². The molecule has 4 unspecified atom stereocenters. The molecule has 0 aromatic carbocycles. The Kier molecular flexibility index (Phi) is 12.1. The van der Waals surface area contributed by atoms with Crippen LogP contribution in [0.25, 0.3) is 0 Å². The van der Waals surface area contributed by atoms with E-state index in [1.54, 1.807) is 13.8 Å². The number of hydrogen-bond donors (Lipinski definition) is 7. The predicted molar refractivity (Wildman–Crippen MR) is 124 cm³/mol. The molecular formula is C20H32N6O7S. The van der Waals surface area contributed by atoms with Gasteiger partial charge in [-0.1, -0.05) is 13.8 Å². The second-order valence-electron chi connectivity index (χ2n) is 7.96. The number of imidazole rings is 1. The molecular weight excluding hydrogens is 468 g/mol. The van der Waals surface area contributed by atoms with Gasteiger partial charge in [0.05, 0.1) is 18.8 Å². The first-order chi connectivity index (χ1) is 16.0. The van der Waals surface area contributed by atoms with Crippen molar-refractivity contribution in [3.8, 4) is 0 Å². The highest BCUT2D eigenvalue weighted by Gasteiger charge is 2.31. The largest absolute Gasteiger partial charge is 0.481 e. The van der Waals surface area contributed by atoms with E-state index < -0.39 is 60.2 Å². The van der Waals surface area contributed by atoms with Crippen molar-refractivity contribution in [2.75, 3.05) is 12.0 Å². The molecule has 8 N–H and O–H groups in total. The first-order valence-corrected chi connectivity index (χ1v) is 11.9. The Morgan fingerprint density at radius 3 is 2.18 bits per heavy atom. The van der Waals surface area contributed by atoms with E-state index in [2.05, 4.69) is 25.9 Å². The van der Waals surface area contributed by atoms with Crippen molar-refractivity contribution in [3.63, 3.8) is 0 Å². The maximum atomic E-state index is 13.1. The van der Waals surface area contributed by atoms with E-state index >= 15 is 0 Å². The number of aliphatic carboxylic acids is 2. The predicted octanol–water partition coefficient (Wildman–Crippen LogP) is -1.30. The topological polar surface area (TPSA) is 217 Å². The lowest BCUT2D eigenvalue weighted by atomic mass is 10.0. The Morgan fingerprint density at radius 2 is 1.68 bits per heavy atom. The van der Waals surface area contributed by atoms with Gasteiger partial charge in [0.1, 0.15) is 18.1 Å². The van der Waals surface area contributed by atoms with Crippen molar-refractivity contribution in [3.05, 3.63) is 18.2 Å². The molecule has 3 amide bonds. The number of rotatable bonds is 15. The fourth-order valence-corrected chi connectivity index (χ4v) is 3.40. The molecule has 13 nitrogen and oxygen atoms in total. The Hall–Kier alpha value is -3.13. The third kappa shape index (κ3) is 9.79. The van der Waals surface area contributed by atoms with E-state index in [1.807, 2.05) is 6.26 Å². The van der Waals surface area contributed by atoms with Crippen LogP contribution in [0.1, 0.15) is 32.4 Å². The number of aromatic nitrogens is 2. The minimum atomic E-state index is -1.38. The van der Waals surface area contributed by atoms with Crippen LogP contribution in [0.4, 0.5) is 0 Å². The van der Waals surface area contributed by atoms with Gasteiger partial charge in [0.2, 0.25) is 17.7 Å². The highest BCUT2D eigenvalue weighted by molar-refractivity contribution is 7.98. The van der Waals surface area contributed by atoms with Crippen molar-refractivity contribution in [2.24, 2.45) is 11.7 Å². The van der Waals surface area contributed by atoms with Crippen LogP contribution in [0.3, 0.4) is 0 Å². The highest BCUT2D eigenvalue weighted by Crippen LogP contribution is 2.07. The molecule has 14 heteroatoms. The number of thioether (sulfide) groups is 1. The Balaban J connectivity index is 3.03. The number of carboxylic acids is 2. The molecule has 0 spiro atoms. The minimum absolute atomic E-state index is 0.0298. The van der Waals surface area contributed by atoms with Crippen LogP contribution in [0.2, 0.25) is 0 Å². The van der Waals surface area contributed by atoms with E-state index in [4.69, 9.17) is 10.8 Å². The molecule has 0 saturated heterocycles. The zero-order valence-corrected chi connectivity index (χ0v) is 20.1. The van der Waals surface area contributed by atoms with Crippen LogP contribution in [0.5, 0.6) is 0 Å². The van der Waals surface area contributed by atoms with Crippen molar-refractivity contribution < 1.29 is 34.2 Å². The van der Waals surface area contributed by atoms with E-state index in [0.29, 0.717) is 11.4 Å². The number of carboxylic acid groups (broad SMARTS) is 2. The van der Waals surface area contributed by atoms with E-state index in [0.717, 1.165) is 0 Å². The normalized spacial score (nSPS) is 14.5. The molecule has 190 valence electrons. The van der Waals surface area contributed by atoms with E-state index in [-0.39, 0.29) is 18.8 Å². The number of nitrogens with two attached hydrogens (primary N) is 1. The smallest absolute Gasteiger partial charge is 0.326 e. The molecule has 34 heavy (non-hydrogen) atoms. The summed E-state index contributed by atoms with van der Waals surface area (Å²) in [7, 11) is 0. The monoisotopic (exact) mass is 500 g/mol. The second kappa shape index (κ2) is 14.2.